The van der Waals surface area contributed by atoms with E-state index in [9.17, 15) is 4.79 Å². The zero-order valence-electron chi connectivity index (χ0n) is 14.2. The van der Waals surface area contributed by atoms with Gasteiger partial charge in [-0.2, -0.15) is 0 Å². The number of aryl methyl sites for hydroxylation is 2. The van der Waals surface area contributed by atoms with E-state index in [1.807, 2.05) is 44.2 Å². The van der Waals surface area contributed by atoms with Crippen molar-refractivity contribution in [3.05, 3.63) is 58.4 Å². The summed E-state index contributed by atoms with van der Waals surface area (Å²) in [7, 11) is 0. The van der Waals surface area contributed by atoms with Gasteiger partial charge in [-0.15, -0.1) is 0 Å². The van der Waals surface area contributed by atoms with Crippen molar-refractivity contribution >= 4 is 28.5 Å². The predicted molar refractivity (Wildman–Crippen MR) is 99.2 cm³/mol. The van der Waals surface area contributed by atoms with Crippen molar-refractivity contribution in [3.63, 3.8) is 0 Å². The van der Waals surface area contributed by atoms with Crippen LogP contribution >= 0.6 is 11.6 Å². The number of nitrogens with one attached hydrogen (secondary N) is 2. The summed E-state index contributed by atoms with van der Waals surface area (Å²) in [5.74, 6) is 1.36. The molecular formula is C19H20ClN3O2. The van der Waals surface area contributed by atoms with Crippen LogP contribution < -0.4 is 10.1 Å². The number of rotatable bonds is 6. The summed E-state index contributed by atoms with van der Waals surface area (Å²) < 4.78 is 5.52. The van der Waals surface area contributed by atoms with Gasteiger partial charge in [0.05, 0.1) is 11.0 Å². The van der Waals surface area contributed by atoms with E-state index < -0.39 is 0 Å². The number of benzene rings is 2. The lowest BCUT2D eigenvalue weighted by molar-refractivity contribution is -0.123. The molecule has 0 saturated heterocycles. The first-order chi connectivity index (χ1) is 12.0. The number of fused-ring (bicyclic) bond motifs is 1. The normalized spacial score (nSPS) is 10.8. The molecule has 0 aliphatic carbocycles. The van der Waals surface area contributed by atoms with E-state index in [1.165, 1.54) is 5.56 Å². The second kappa shape index (κ2) is 7.57. The minimum absolute atomic E-state index is 0.00175. The van der Waals surface area contributed by atoms with E-state index in [-0.39, 0.29) is 12.5 Å². The zero-order valence-corrected chi connectivity index (χ0v) is 15.0. The SMILES string of the molecule is Cc1ccc(OCC(=O)NCCc2nc3ccc(Cl)cc3[nH]2)cc1C. The summed E-state index contributed by atoms with van der Waals surface area (Å²) in [6.07, 6.45) is 0.613. The highest BCUT2D eigenvalue weighted by Gasteiger charge is 2.06. The Bertz CT molecular complexity index is 905. The van der Waals surface area contributed by atoms with Crippen LogP contribution in [0.5, 0.6) is 5.75 Å². The second-order valence-electron chi connectivity index (χ2n) is 5.98. The second-order valence-corrected chi connectivity index (χ2v) is 6.42. The first-order valence-corrected chi connectivity index (χ1v) is 8.50. The number of ether oxygens (including phenoxy) is 1. The molecular weight excluding hydrogens is 338 g/mol. The van der Waals surface area contributed by atoms with E-state index in [1.54, 1.807) is 6.07 Å². The number of amides is 1. The van der Waals surface area contributed by atoms with Gasteiger partial charge in [-0.25, -0.2) is 4.98 Å². The molecule has 0 radical (unpaired) electrons. The van der Waals surface area contributed by atoms with Gasteiger partial charge in [0.1, 0.15) is 11.6 Å². The van der Waals surface area contributed by atoms with Gasteiger partial charge < -0.3 is 15.0 Å². The molecule has 0 atom stereocenters. The molecule has 3 rings (SSSR count). The zero-order chi connectivity index (χ0) is 17.8. The molecule has 0 spiro atoms. The molecule has 0 saturated carbocycles. The Labute approximate surface area is 151 Å². The van der Waals surface area contributed by atoms with Gasteiger partial charge in [0, 0.05) is 18.0 Å². The van der Waals surface area contributed by atoms with Crippen LogP contribution in [0.3, 0.4) is 0 Å². The van der Waals surface area contributed by atoms with Crippen molar-refractivity contribution in [2.75, 3.05) is 13.2 Å². The molecule has 5 nitrogen and oxygen atoms in total. The van der Waals surface area contributed by atoms with Crippen LogP contribution in [0, 0.1) is 13.8 Å². The molecule has 1 amide bonds. The summed E-state index contributed by atoms with van der Waals surface area (Å²) in [4.78, 5) is 19.6. The number of hydrogen-bond acceptors (Lipinski definition) is 3. The lowest BCUT2D eigenvalue weighted by atomic mass is 10.1. The fourth-order valence-corrected chi connectivity index (χ4v) is 2.65. The van der Waals surface area contributed by atoms with Crippen molar-refractivity contribution in [3.8, 4) is 5.75 Å². The van der Waals surface area contributed by atoms with Crippen molar-refractivity contribution in [1.29, 1.82) is 0 Å². The number of carbonyl (C=O) groups is 1. The lowest BCUT2D eigenvalue weighted by Crippen LogP contribution is -2.30. The molecule has 6 heteroatoms. The van der Waals surface area contributed by atoms with Crippen LogP contribution in [0.25, 0.3) is 11.0 Å². The topological polar surface area (TPSA) is 67.0 Å². The fourth-order valence-electron chi connectivity index (χ4n) is 2.48. The number of aromatic nitrogens is 2. The monoisotopic (exact) mass is 357 g/mol. The summed E-state index contributed by atoms with van der Waals surface area (Å²) in [5.41, 5.74) is 4.10. The molecule has 0 aliphatic heterocycles. The highest BCUT2D eigenvalue weighted by molar-refractivity contribution is 6.31. The molecule has 2 aromatic carbocycles. The van der Waals surface area contributed by atoms with Crippen LogP contribution in [0.4, 0.5) is 0 Å². The van der Waals surface area contributed by atoms with Crippen molar-refractivity contribution in [2.24, 2.45) is 0 Å². The van der Waals surface area contributed by atoms with Crippen molar-refractivity contribution in [1.82, 2.24) is 15.3 Å². The Hall–Kier alpha value is -2.53. The van der Waals surface area contributed by atoms with E-state index in [4.69, 9.17) is 16.3 Å². The minimum Gasteiger partial charge on any atom is -0.484 e. The summed E-state index contributed by atoms with van der Waals surface area (Å²) in [5, 5.41) is 3.50. The number of halogens is 1. The number of aromatic amines is 1. The van der Waals surface area contributed by atoms with Gasteiger partial charge in [0.15, 0.2) is 6.61 Å². The molecule has 1 heterocycles. The Morgan fingerprint density at radius 3 is 2.84 bits per heavy atom. The third-order valence-corrected chi connectivity index (χ3v) is 4.26. The Balaban J connectivity index is 1.46. The third-order valence-electron chi connectivity index (χ3n) is 4.03. The van der Waals surface area contributed by atoms with E-state index in [0.29, 0.717) is 23.7 Å². The van der Waals surface area contributed by atoms with Crippen molar-refractivity contribution in [2.45, 2.75) is 20.3 Å². The third kappa shape index (κ3) is 4.51. The first-order valence-electron chi connectivity index (χ1n) is 8.12. The summed E-state index contributed by atoms with van der Waals surface area (Å²) >= 11 is 5.96. The number of carbonyl (C=O) groups excluding carboxylic acids is 1. The van der Waals surface area contributed by atoms with Gasteiger partial charge in [0.2, 0.25) is 0 Å². The van der Waals surface area contributed by atoms with E-state index >= 15 is 0 Å². The Morgan fingerprint density at radius 1 is 1.20 bits per heavy atom. The van der Waals surface area contributed by atoms with Gasteiger partial charge in [-0.1, -0.05) is 17.7 Å². The first kappa shape index (κ1) is 17.3. The van der Waals surface area contributed by atoms with Crippen molar-refractivity contribution < 1.29 is 9.53 Å². The largest absolute Gasteiger partial charge is 0.484 e. The average molecular weight is 358 g/mol. The van der Waals surface area contributed by atoms with Gasteiger partial charge >= 0.3 is 0 Å². The smallest absolute Gasteiger partial charge is 0.257 e. The average Bonchev–Trinajstić information content (AvgIpc) is 2.97. The van der Waals surface area contributed by atoms with Gasteiger partial charge in [-0.05, 0) is 55.3 Å². The Morgan fingerprint density at radius 2 is 2.04 bits per heavy atom. The van der Waals surface area contributed by atoms with Crippen LogP contribution in [0.2, 0.25) is 5.02 Å². The summed E-state index contributed by atoms with van der Waals surface area (Å²) in [6.45, 7) is 4.54. The standard InChI is InChI=1S/C19H20ClN3O2/c1-12-3-5-15(9-13(12)2)25-11-19(24)21-8-7-18-22-16-6-4-14(20)10-17(16)23-18/h3-6,9-10H,7-8,11H2,1-2H3,(H,21,24)(H,22,23). The fraction of sp³-hybridized carbons (Fsp3) is 0.263. The highest BCUT2D eigenvalue weighted by Crippen LogP contribution is 2.17. The molecule has 130 valence electrons. The summed E-state index contributed by atoms with van der Waals surface area (Å²) in [6, 6.07) is 11.3. The Kier molecular flexibility index (Phi) is 5.24. The van der Waals surface area contributed by atoms with Crippen LogP contribution in [-0.4, -0.2) is 29.0 Å². The maximum Gasteiger partial charge on any atom is 0.257 e. The molecule has 0 bridgehead atoms. The predicted octanol–water partition coefficient (Wildman–Crippen LogP) is 3.57. The molecule has 25 heavy (non-hydrogen) atoms. The number of hydrogen-bond donors (Lipinski definition) is 2. The van der Waals surface area contributed by atoms with Gasteiger partial charge in [-0.3, -0.25) is 4.79 Å². The van der Waals surface area contributed by atoms with Gasteiger partial charge in [0.25, 0.3) is 5.91 Å². The highest BCUT2D eigenvalue weighted by atomic mass is 35.5. The van der Waals surface area contributed by atoms with Crippen LogP contribution in [0.15, 0.2) is 36.4 Å². The number of nitrogens with zero attached hydrogens (tertiary/aromatic N) is 1. The maximum atomic E-state index is 11.9. The quantitative estimate of drug-likeness (QED) is 0.708. The maximum absolute atomic E-state index is 11.9. The van der Waals surface area contributed by atoms with E-state index in [2.05, 4.69) is 15.3 Å². The molecule has 2 N–H and O–H groups in total. The number of H-pyrrole nitrogens is 1. The van der Waals surface area contributed by atoms with E-state index in [0.717, 1.165) is 22.4 Å². The lowest BCUT2D eigenvalue weighted by Gasteiger charge is -2.08. The molecule has 3 aromatic rings. The van der Waals surface area contributed by atoms with Crippen LogP contribution in [0.1, 0.15) is 17.0 Å². The molecule has 0 fully saturated rings. The molecule has 0 aliphatic rings. The van der Waals surface area contributed by atoms with Crippen LogP contribution in [-0.2, 0) is 11.2 Å². The molecule has 1 aromatic heterocycles. The minimum atomic E-state index is -0.155. The molecule has 0 unspecified atom stereocenters. The number of imidazole rings is 1.